The van der Waals surface area contributed by atoms with Crippen LogP contribution in [0.15, 0.2) is 11.6 Å². The lowest BCUT2D eigenvalue weighted by atomic mass is 9.69. The molecule has 2 saturated carbocycles. The number of nitrogens with zero attached hydrogens (tertiary/aromatic N) is 2. The molecule has 2 heterocycles. The fourth-order valence-electron chi connectivity index (χ4n) is 4.78. The van der Waals surface area contributed by atoms with E-state index in [0.717, 1.165) is 64.7 Å². The molecule has 1 aromatic heterocycles. The lowest BCUT2D eigenvalue weighted by Gasteiger charge is -2.38. The molecule has 0 aromatic carbocycles. The Morgan fingerprint density at radius 3 is 2.68 bits per heavy atom. The summed E-state index contributed by atoms with van der Waals surface area (Å²) in [4.78, 5) is 32.3. The summed E-state index contributed by atoms with van der Waals surface area (Å²) in [6.45, 7) is 2.42. The second-order valence-electron chi connectivity index (χ2n) is 8.81. The number of ether oxygens (including phenoxy) is 1. The van der Waals surface area contributed by atoms with E-state index in [1.54, 1.807) is 6.20 Å². The summed E-state index contributed by atoms with van der Waals surface area (Å²) in [5.74, 6) is 0.713. The lowest BCUT2D eigenvalue weighted by molar-refractivity contribution is -0.136. The second kappa shape index (κ2) is 8.91. The highest BCUT2D eigenvalue weighted by Crippen LogP contribution is 2.44. The fourth-order valence-corrected chi connectivity index (χ4v) is 5.32. The zero-order valence-corrected chi connectivity index (χ0v) is 17.3. The average Bonchev–Trinajstić information content (AvgIpc) is 3.14. The highest BCUT2D eigenvalue weighted by Gasteiger charge is 2.41. The molecule has 3 aliphatic rings. The third kappa shape index (κ3) is 5.11. The van der Waals surface area contributed by atoms with Crippen molar-refractivity contribution in [3.05, 3.63) is 11.6 Å². The van der Waals surface area contributed by atoms with E-state index in [4.69, 9.17) is 4.74 Å². The fraction of sp³-hybridized carbons (Fsp3) is 0.762. The van der Waals surface area contributed by atoms with E-state index in [0.29, 0.717) is 29.9 Å². The predicted molar refractivity (Wildman–Crippen MR) is 109 cm³/mol. The molecule has 1 aliphatic heterocycles. The van der Waals surface area contributed by atoms with E-state index in [-0.39, 0.29) is 17.2 Å². The Morgan fingerprint density at radius 1 is 1.21 bits per heavy atom. The van der Waals surface area contributed by atoms with Gasteiger partial charge < -0.3 is 15.0 Å². The van der Waals surface area contributed by atoms with Crippen LogP contribution < -0.4 is 5.32 Å². The summed E-state index contributed by atoms with van der Waals surface area (Å²) in [5.41, 5.74) is -0.198. The summed E-state index contributed by atoms with van der Waals surface area (Å²) in [7, 11) is 0. The van der Waals surface area contributed by atoms with Gasteiger partial charge in [0.2, 0.25) is 11.8 Å². The quantitative estimate of drug-likeness (QED) is 0.713. The Hall–Kier alpha value is -1.47. The minimum atomic E-state index is -0.198. The Bertz CT molecular complexity index is 662. The van der Waals surface area contributed by atoms with E-state index in [2.05, 4.69) is 15.2 Å². The maximum absolute atomic E-state index is 13.3. The number of aromatic nitrogens is 1. The van der Waals surface area contributed by atoms with Gasteiger partial charge >= 0.3 is 0 Å². The molecule has 2 amide bonds. The maximum Gasteiger partial charge on any atom is 0.226 e. The van der Waals surface area contributed by atoms with Crippen molar-refractivity contribution in [3.63, 3.8) is 0 Å². The number of hydrogen-bond acceptors (Lipinski definition) is 5. The van der Waals surface area contributed by atoms with E-state index < -0.39 is 0 Å². The van der Waals surface area contributed by atoms with Crippen LogP contribution in [0.5, 0.6) is 0 Å². The SMILES string of the molecule is O=C(CC1(CC(=O)N(CC2CCOC2)C2CC2)CCCCC1)Nc1nccs1. The number of anilines is 1. The molecule has 1 saturated heterocycles. The van der Waals surface area contributed by atoms with Gasteiger partial charge in [0.15, 0.2) is 5.13 Å². The standard InChI is InChI=1S/C21H31N3O3S/c25-18(23-20-22-9-11-28-20)12-21(7-2-1-3-8-21)13-19(26)24(17-4-5-17)14-16-6-10-27-15-16/h9,11,16-17H,1-8,10,12-15H2,(H,22,23,25). The van der Waals surface area contributed by atoms with Crippen molar-refractivity contribution in [2.24, 2.45) is 11.3 Å². The molecule has 4 rings (SSSR count). The third-order valence-corrected chi connectivity index (χ3v) is 7.13. The highest BCUT2D eigenvalue weighted by molar-refractivity contribution is 7.13. The third-order valence-electron chi connectivity index (χ3n) is 6.44. The summed E-state index contributed by atoms with van der Waals surface area (Å²) >= 11 is 1.43. The summed E-state index contributed by atoms with van der Waals surface area (Å²) in [5, 5.41) is 5.42. The largest absolute Gasteiger partial charge is 0.381 e. The zero-order valence-electron chi connectivity index (χ0n) is 16.5. The monoisotopic (exact) mass is 405 g/mol. The van der Waals surface area contributed by atoms with Crippen molar-refractivity contribution < 1.29 is 14.3 Å². The Morgan fingerprint density at radius 2 is 2.04 bits per heavy atom. The first-order valence-corrected chi connectivity index (χ1v) is 11.6. The maximum atomic E-state index is 13.3. The van der Waals surface area contributed by atoms with Gasteiger partial charge in [-0.2, -0.15) is 0 Å². The van der Waals surface area contributed by atoms with Gasteiger partial charge in [-0.1, -0.05) is 19.3 Å². The van der Waals surface area contributed by atoms with Gasteiger partial charge in [0.1, 0.15) is 0 Å². The molecule has 1 aromatic rings. The number of carbonyl (C=O) groups excluding carboxylic acids is 2. The first kappa shape index (κ1) is 19.8. The second-order valence-corrected chi connectivity index (χ2v) is 9.70. The number of amides is 2. The van der Waals surface area contributed by atoms with Crippen LogP contribution in [0.3, 0.4) is 0 Å². The van der Waals surface area contributed by atoms with E-state index in [9.17, 15) is 9.59 Å². The van der Waals surface area contributed by atoms with Crippen LogP contribution in [0.1, 0.15) is 64.2 Å². The number of carbonyl (C=O) groups is 2. The van der Waals surface area contributed by atoms with Crippen molar-refractivity contribution in [2.75, 3.05) is 25.1 Å². The molecule has 28 heavy (non-hydrogen) atoms. The highest BCUT2D eigenvalue weighted by atomic mass is 32.1. The van der Waals surface area contributed by atoms with E-state index >= 15 is 0 Å². The molecule has 0 bridgehead atoms. The first-order valence-electron chi connectivity index (χ1n) is 10.7. The molecular weight excluding hydrogens is 374 g/mol. The minimum absolute atomic E-state index is 0.00758. The van der Waals surface area contributed by atoms with Crippen molar-refractivity contribution >= 4 is 28.3 Å². The molecule has 6 nitrogen and oxygen atoms in total. The Kier molecular flexibility index (Phi) is 6.31. The summed E-state index contributed by atoms with van der Waals surface area (Å²) in [6, 6.07) is 0.415. The topological polar surface area (TPSA) is 71.5 Å². The van der Waals surface area contributed by atoms with Crippen molar-refractivity contribution in [1.82, 2.24) is 9.88 Å². The minimum Gasteiger partial charge on any atom is -0.381 e. The van der Waals surface area contributed by atoms with Gasteiger partial charge in [0.25, 0.3) is 0 Å². The normalized spacial score (nSPS) is 24.1. The van der Waals surface area contributed by atoms with Gasteiger partial charge in [-0.3, -0.25) is 9.59 Å². The van der Waals surface area contributed by atoms with Crippen LogP contribution in [0.4, 0.5) is 5.13 Å². The van der Waals surface area contributed by atoms with Crippen molar-refractivity contribution in [3.8, 4) is 0 Å². The summed E-state index contributed by atoms with van der Waals surface area (Å²) < 4.78 is 5.51. The molecule has 7 heteroatoms. The number of hydrogen-bond donors (Lipinski definition) is 1. The van der Waals surface area contributed by atoms with Crippen molar-refractivity contribution in [2.45, 2.75) is 70.3 Å². The first-order chi connectivity index (χ1) is 13.6. The van der Waals surface area contributed by atoms with Gasteiger partial charge in [0.05, 0.1) is 6.61 Å². The number of thiazole rings is 1. The van der Waals surface area contributed by atoms with Crippen molar-refractivity contribution in [1.29, 1.82) is 0 Å². The van der Waals surface area contributed by atoms with Crippen LogP contribution in [-0.4, -0.2) is 47.5 Å². The smallest absolute Gasteiger partial charge is 0.226 e. The van der Waals surface area contributed by atoms with Gasteiger partial charge in [-0.15, -0.1) is 11.3 Å². The molecule has 154 valence electrons. The molecule has 1 N–H and O–H groups in total. The Balaban J connectivity index is 1.40. The molecule has 3 fully saturated rings. The molecule has 1 atom stereocenters. The van der Waals surface area contributed by atoms with Gasteiger partial charge in [-0.05, 0) is 37.5 Å². The van der Waals surface area contributed by atoms with E-state index in [1.807, 2.05) is 5.38 Å². The van der Waals surface area contributed by atoms with Crippen LogP contribution in [-0.2, 0) is 14.3 Å². The van der Waals surface area contributed by atoms with Gasteiger partial charge in [0, 0.05) is 49.5 Å². The van der Waals surface area contributed by atoms with Crippen LogP contribution in [0, 0.1) is 11.3 Å². The lowest BCUT2D eigenvalue weighted by Crippen LogP contribution is -2.42. The number of nitrogens with one attached hydrogen (secondary N) is 1. The molecular formula is C21H31N3O3S. The van der Waals surface area contributed by atoms with Crippen LogP contribution in [0.25, 0.3) is 0 Å². The van der Waals surface area contributed by atoms with Crippen LogP contribution >= 0.6 is 11.3 Å². The molecule has 2 aliphatic carbocycles. The zero-order chi connectivity index (χ0) is 19.4. The van der Waals surface area contributed by atoms with Crippen LogP contribution in [0.2, 0.25) is 0 Å². The molecule has 0 radical (unpaired) electrons. The molecule has 0 spiro atoms. The predicted octanol–water partition coefficient (Wildman–Crippen LogP) is 3.84. The van der Waals surface area contributed by atoms with E-state index in [1.165, 1.54) is 17.8 Å². The average molecular weight is 406 g/mol. The summed E-state index contributed by atoms with van der Waals surface area (Å²) in [6.07, 6.45) is 11.3. The van der Waals surface area contributed by atoms with Gasteiger partial charge in [-0.25, -0.2) is 4.98 Å². The molecule has 1 unspecified atom stereocenters. The number of rotatable bonds is 8. The Labute approximate surface area is 171 Å².